The van der Waals surface area contributed by atoms with Gasteiger partial charge in [-0.3, -0.25) is 4.98 Å². The third-order valence-electron chi connectivity index (χ3n) is 4.09. The Balaban J connectivity index is 1.97. The summed E-state index contributed by atoms with van der Waals surface area (Å²) in [5, 5.41) is 1.26. The van der Waals surface area contributed by atoms with E-state index in [1.807, 2.05) is 24.5 Å². The van der Waals surface area contributed by atoms with Crippen molar-refractivity contribution in [1.82, 2.24) is 9.55 Å². The molecule has 0 N–H and O–H groups in total. The Labute approximate surface area is 129 Å². The predicted octanol–water partition coefficient (Wildman–Crippen LogP) is 5.00. The van der Waals surface area contributed by atoms with Crippen LogP contribution in [0.15, 0.2) is 79.3 Å². The van der Waals surface area contributed by atoms with Crippen molar-refractivity contribution in [2.45, 2.75) is 6.92 Å². The Morgan fingerprint density at radius 1 is 0.864 bits per heavy atom. The number of aryl methyl sites for hydroxylation is 1. The summed E-state index contributed by atoms with van der Waals surface area (Å²) in [6.07, 6.45) is 5.88. The molecular weight excluding hydrogens is 268 g/mol. The monoisotopic (exact) mass is 284 g/mol. The lowest BCUT2D eigenvalue weighted by atomic mass is 10.0. The van der Waals surface area contributed by atoms with E-state index in [4.69, 9.17) is 0 Å². The number of aromatic nitrogens is 2. The van der Waals surface area contributed by atoms with Gasteiger partial charge in [-0.1, -0.05) is 42.5 Å². The van der Waals surface area contributed by atoms with Gasteiger partial charge in [-0.2, -0.15) is 0 Å². The third-order valence-corrected chi connectivity index (χ3v) is 4.09. The van der Waals surface area contributed by atoms with Crippen LogP contribution in [-0.2, 0) is 0 Å². The first-order valence-corrected chi connectivity index (χ1v) is 7.41. The number of benzene rings is 2. The highest BCUT2D eigenvalue weighted by Crippen LogP contribution is 2.31. The summed E-state index contributed by atoms with van der Waals surface area (Å²) < 4.78 is 2.21. The van der Waals surface area contributed by atoms with Gasteiger partial charge in [-0.05, 0) is 41.8 Å². The number of nitrogens with zero attached hydrogens (tertiary/aromatic N) is 2. The molecule has 0 radical (unpaired) electrons. The third kappa shape index (κ3) is 2.01. The highest BCUT2D eigenvalue weighted by Gasteiger charge is 2.09. The zero-order valence-corrected chi connectivity index (χ0v) is 12.4. The molecule has 2 heterocycles. The summed E-state index contributed by atoms with van der Waals surface area (Å²) in [7, 11) is 0. The van der Waals surface area contributed by atoms with Gasteiger partial charge in [0.1, 0.15) is 0 Å². The van der Waals surface area contributed by atoms with Crippen molar-refractivity contribution < 1.29 is 0 Å². The van der Waals surface area contributed by atoms with Gasteiger partial charge >= 0.3 is 0 Å². The van der Waals surface area contributed by atoms with Crippen LogP contribution in [0.2, 0.25) is 0 Å². The molecule has 2 aromatic carbocycles. The van der Waals surface area contributed by atoms with E-state index in [1.54, 1.807) is 0 Å². The van der Waals surface area contributed by atoms with Crippen LogP contribution in [0.1, 0.15) is 5.56 Å². The first kappa shape index (κ1) is 12.8. The summed E-state index contributed by atoms with van der Waals surface area (Å²) >= 11 is 0. The second-order valence-corrected chi connectivity index (χ2v) is 5.45. The average Bonchev–Trinajstić information content (AvgIpc) is 3.00. The standard InChI is InChI=1S/C20H16N2/c1-15-10-12-21-14-20(15)22-13-11-18-17(8-5-9-19(18)22)16-6-3-2-4-7-16/h2-14H,1H3. The summed E-state index contributed by atoms with van der Waals surface area (Å²) in [4.78, 5) is 4.27. The molecule has 2 heteroatoms. The second-order valence-electron chi connectivity index (χ2n) is 5.45. The van der Waals surface area contributed by atoms with E-state index in [0.717, 1.165) is 5.69 Å². The van der Waals surface area contributed by atoms with Crippen LogP contribution in [0.5, 0.6) is 0 Å². The molecule has 0 atom stereocenters. The van der Waals surface area contributed by atoms with E-state index < -0.39 is 0 Å². The molecule has 2 nitrogen and oxygen atoms in total. The van der Waals surface area contributed by atoms with Gasteiger partial charge in [-0.25, -0.2) is 0 Å². The van der Waals surface area contributed by atoms with Gasteiger partial charge in [-0.15, -0.1) is 0 Å². The van der Waals surface area contributed by atoms with Crippen molar-refractivity contribution in [3.05, 3.63) is 84.8 Å². The minimum Gasteiger partial charge on any atom is -0.315 e. The van der Waals surface area contributed by atoms with Gasteiger partial charge < -0.3 is 4.57 Å². The summed E-state index contributed by atoms with van der Waals surface area (Å²) in [5.74, 6) is 0. The van der Waals surface area contributed by atoms with E-state index in [0.29, 0.717) is 0 Å². The fraction of sp³-hybridized carbons (Fsp3) is 0.0500. The Morgan fingerprint density at radius 3 is 2.55 bits per heavy atom. The SMILES string of the molecule is Cc1ccncc1-n1ccc2c(-c3ccccc3)cccc21. The molecule has 0 aliphatic rings. The molecule has 106 valence electrons. The van der Waals surface area contributed by atoms with Crippen LogP contribution in [0, 0.1) is 6.92 Å². The average molecular weight is 284 g/mol. The van der Waals surface area contributed by atoms with Crippen molar-refractivity contribution in [3.63, 3.8) is 0 Å². The lowest BCUT2D eigenvalue weighted by Crippen LogP contribution is -1.95. The molecule has 0 unspecified atom stereocenters. The van der Waals surface area contributed by atoms with E-state index >= 15 is 0 Å². The Morgan fingerprint density at radius 2 is 1.73 bits per heavy atom. The Kier molecular flexibility index (Phi) is 3.01. The van der Waals surface area contributed by atoms with Crippen LogP contribution in [0.3, 0.4) is 0 Å². The predicted molar refractivity (Wildman–Crippen MR) is 91.2 cm³/mol. The number of pyridine rings is 1. The largest absolute Gasteiger partial charge is 0.315 e. The number of rotatable bonds is 2. The van der Waals surface area contributed by atoms with Crippen molar-refractivity contribution in [1.29, 1.82) is 0 Å². The molecule has 0 saturated heterocycles. The van der Waals surface area contributed by atoms with E-state index in [-0.39, 0.29) is 0 Å². The Hall–Kier alpha value is -2.87. The minimum atomic E-state index is 1.13. The maximum atomic E-state index is 4.27. The van der Waals surface area contributed by atoms with Crippen LogP contribution in [0.25, 0.3) is 27.7 Å². The zero-order valence-electron chi connectivity index (χ0n) is 12.4. The molecule has 0 aliphatic heterocycles. The molecule has 2 aromatic heterocycles. The fourth-order valence-electron chi connectivity index (χ4n) is 2.95. The first-order valence-electron chi connectivity index (χ1n) is 7.41. The van der Waals surface area contributed by atoms with Gasteiger partial charge in [0.2, 0.25) is 0 Å². The smallest absolute Gasteiger partial charge is 0.0668 e. The molecule has 0 bridgehead atoms. The number of fused-ring (bicyclic) bond motifs is 1. The summed E-state index contributed by atoms with van der Waals surface area (Å²) in [6, 6.07) is 21.2. The summed E-state index contributed by atoms with van der Waals surface area (Å²) in [6.45, 7) is 2.11. The molecule has 22 heavy (non-hydrogen) atoms. The van der Waals surface area contributed by atoms with Crippen molar-refractivity contribution in [3.8, 4) is 16.8 Å². The maximum absolute atomic E-state index is 4.27. The van der Waals surface area contributed by atoms with E-state index in [2.05, 4.69) is 71.2 Å². The Bertz CT molecular complexity index is 936. The molecule has 4 aromatic rings. The van der Waals surface area contributed by atoms with Gasteiger partial charge in [0.25, 0.3) is 0 Å². The minimum absolute atomic E-state index is 1.13. The quantitative estimate of drug-likeness (QED) is 0.506. The zero-order chi connectivity index (χ0) is 14.9. The molecule has 0 spiro atoms. The van der Waals surface area contributed by atoms with Crippen LogP contribution in [0.4, 0.5) is 0 Å². The second kappa shape index (κ2) is 5.15. The van der Waals surface area contributed by atoms with Gasteiger partial charge in [0.15, 0.2) is 0 Å². The van der Waals surface area contributed by atoms with Crippen LogP contribution >= 0.6 is 0 Å². The highest BCUT2D eigenvalue weighted by atomic mass is 15.0. The first-order chi connectivity index (χ1) is 10.8. The van der Waals surface area contributed by atoms with Crippen molar-refractivity contribution >= 4 is 10.9 Å². The van der Waals surface area contributed by atoms with E-state index in [9.17, 15) is 0 Å². The molecule has 0 saturated carbocycles. The summed E-state index contributed by atoms with van der Waals surface area (Å²) in [5.41, 5.74) is 6.06. The van der Waals surface area contributed by atoms with Gasteiger partial charge in [0, 0.05) is 17.8 Å². The molecule has 0 fully saturated rings. The highest BCUT2D eigenvalue weighted by molar-refractivity contribution is 5.96. The van der Waals surface area contributed by atoms with Crippen molar-refractivity contribution in [2.24, 2.45) is 0 Å². The fourth-order valence-corrected chi connectivity index (χ4v) is 2.95. The van der Waals surface area contributed by atoms with Crippen LogP contribution in [-0.4, -0.2) is 9.55 Å². The van der Waals surface area contributed by atoms with Gasteiger partial charge in [0.05, 0.1) is 17.4 Å². The topological polar surface area (TPSA) is 17.8 Å². The number of hydrogen-bond acceptors (Lipinski definition) is 1. The van der Waals surface area contributed by atoms with E-state index in [1.165, 1.54) is 27.6 Å². The number of hydrogen-bond donors (Lipinski definition) is 0. The lowest BCUT2D eigenvalue weighted by Gasteiger charge is -2.09. The lowest BCUT2D eigenvalue weighted by molar-refractivity contribution is 1.07. The molecule has 4 rings (SSSR count). The normalized spacial score (nSPS) is 11.0. The maximum Gasteiger partial charge on any atom is 0.0668 e. The molecule has 0 amide bonds. The van der Waals surface area contributed by atoms with Crippen molar-refractivity contribution in [2.75, 3.05) is 0 Å². The van der Waals surface area contributed by atoms with Crippen LogP contribution < -0.4 is 0 Å². The molecule has 0 aliphatic carbocycles. The molecular formula is C20H16N2.